The summed E-state index contributed by atoms with van der Waals surface area (Å²) in [5.74, 6) is 0.902. The van der Waals surface area contributed by atoms with E-state index in [0.29, 0.717) is 28.8 Å². The summed E-state index contributed by atoms with van der Waals surface area (Å²) in [6.07, 6.45) is 4.51. The number of hydrogen-bond acceptors (Lipinski definition) is 6. The van der Waals surface area contributed by atoms with Crippen LogP contribution in [0.25, 0.3) is 17.0 Å². The van der Waals surface area contributed by atoms with Gasteiger partial charge in [-0.15, -0.1) is 0 Å². The Labute approximate surface area is 272 Å². The molecule has 2 heterocycles. The van der Waals surface area contributed by atoms with E-state index in [9.17, 15) is 9.59 Å². The van der Waals surface area contributed by atoms with Gasteiger partial charge in [0.15, 0.2) is 11.8 Å². The van der Waals surface area contributed by atoms with E-state index in [-0.39, 0.29) is 18.4 Å². The molecule has 6 rings (SSSR count). The first-order valence-electron chi connectivity index (χ1n) is 15.0. The summed E-state index contributed by atoms with van der Waals surface area (Å²) in [6, 6.07) is 28.7. The summed E-state index contributed by atoms with van der Waals surface area (Å²) < 4.78 is 11.1. The lowest BCUT2D eigenvalue weighted by Gasteiger charge is -2.15. The number of amides is 2. The van der Waals surface area contributed by atoms with Crippen LogP contribution in [0.1, 0.15) is 22.3 Å². The predicted octanol–water partition coefficient (Wildman–Crippen LogP) is 7.66. The number of benzene rings is 4. The molecule has 2 amide bonds. The van der Waals surface area contributed by atoms with Gasteiger partial charge in [-0.1, -0.05) is 36.4 Å². The second kappa shape index (κ2) is 13.8. The number of aromatic amines is 1. The highest BCUT2D eigenvalue weighted by atomic mass is 32.2. The molecule has 46 heavy (non-hydrogen) atoms. The van der Waals surface area contributed by atoms with Gasteiger partial charge in [0.25, 0.3) is 11.8 Å². The maximum absolute atomic E-state index is 13.8. The molecule has 1 aromatic heterocycles. The lowest BCUT2D eigenvalue weighted by atomic mass is 10.1. The minimum atomic E-state index is -0.251. The van der Waals surface area contributed by atoms with Crippen LogP contribution in [0.2, 0.25) is 0 Å². The molecule has 8 nitrogen and oxygen atoms in total. The molecular formula is C37H34N4O4S. The normalized spacial score (nSPS) is 14.8. The summed E-state index contributed by atoms with van der Waals surface area (Å²) in [4.78, 5) is 36.8. The van der Waals surface area contributed by atoms with Gasteiger partial charge < -0.3 is 19.8 Å². The Morgan fingerprint density at radius 3 is 2.59 bits per heavy atom. The average molecular weight is 631 g/mol. The number of nitrogens with zero attached hydrogens (tertiary/aromatic N) is 2. The van der Waals surface area contributed by atoms with Crippen molar-refractivity contribution in [3.8, 4) is 11.5 Å². The number of para-hydroxylation sites is 1. The number of ether oxygens (including phenoxy) is 2. The van der Waals surface area contributed by atoms with Crippen molar-refractivity contribution in [2.75, 3.05) is 25.6 Å². The highest BCUT2D eigenvalue weighted by Crippen LogP contribution is 2.35. The third-order valence-electron chi connectivity index (χ3n) is 7.78. The Balaban J connectivity index is 1.19. The molecular weight excluding hydrogens is 596 g/mol. The zero-order valence-electron chi connectivity index (χ0n) is 25.9. The van der Waals surface area contributed by atoms with Gasteiger partial charge in [-0.25, -0.2) is 4.99 Å². The average Bonchev–Trinajstić information content (AvgIpc) is 3.61. The van der Waals surface area contributed by atoms with Crippen LogP contribution < -0.4 is 14.8 Å². The molecule has 5 aromatic rings. The van der Waals surface area contributed by atoms with Crippen LogP contribution in [-0.2, 0) is 16.0 Å². The minimum absolute atomic E-state index is 0.115. The summed E-state index contributed by atoms with van der Waals surface area (Å²) in [5.41, 5.74) is 6.71. The summed E-state index contributed by atoms with van der Waals surface area (Å²) in [6.45, 7) is 4.37. The molecule has 0 aliphatic carbocycles. The second-order valence-electron chi connectivity index (χ2n) is 11.0. The quantitative estimate of drug-likeness (QED) is 0.155. The van der Waals surface area contributed by atoms with Crippen LogP contribution in [0, 0.1) is 13.8 Å². The van der Waals surface area contributed by atoms with Gasteiger partial charge in [0, 0.05) is 29.3 Å². The van der Waals surface area contributed by atoms with E-state index in [1.165, 1.54) is 11.8 Å². The van der Waals surface area contributed by atoms with Crippen molar-refractivity contribution >= 4 is 57.1 Å². The summed E-state index contributed by atoms with van der Waals surface area (Å²) in [7, 11) is 1.62. The minimum Gasteiger partial charge on any atom is -0.497 e. The van der Waals surface area contributed by atoms with E-state index in [1.54, 1.807) is 18.1 Å². The number of carbonyl (C=O) groups excluding carboxylic acids is 2. The number of rotatable bonds is 10. The van der Waals surface area contributed by atoms with Gasteiger partial charge >= 0.3 is 0 Å². The van der Waals surface area contributed by atoms with E-state index >= 15 is 0 Å². The number of aliphatic imine (C=N–C) groups is 1. The van der Waals surface area contributed by atoms with Crippen molar-refractivity contribution in [1.29, 1.82) is 0 Å². The van der Waals surface area contributed by atoms with E-state index in [0.717, 1.165) is 50.3 Å². The van der Waals surface area contributed by atoms with E-state index in [4.69, 9.17) is 14.5 Å². The first-order chi connectivity index (χ1) is 22.4. The lowest BCUT2D eigenvalue weighted by molar-refractivity contribution is -0.122. The highest BCUT2D eigenvalue weighted by Gasteiger charge is 2.33. The van der Waals surface area contributed by atoms with Crippen molar-refractivity contribution < 1.29 is 19.1 Å². The molecule has 1 aliphatic heterocycles. The molecule has 0 saturated carbocycles. The Bertz CT molecular complexity index is 1960. The van der Waals surface area contributed by atoms with Crippen LogP contribution in [0.15, 0.2) is 107 Å². The number of amidine groups is 1. The highest BCUT2D eigenvalue weighted by molar-refractivity contribution is 8.18. The Kier molecular flexibility index (Phi) is 9.21. The van der Waals surface area contributed by atoms with E-state index < -0.39 is 0 Å². The predicted molar refractivity (Wildman–Crippen MR) is 186 cm³/mol. The number of aromatic nitrogens is 1. The van der Waals surface area contributed by atoms with E-state index in [2.05, 4.69) is 16.4 Å². The van der Waals surface area contributed by atoms with Crippen LogP contribution in [-0.4, -0.2) is 47.1 Å². The van der Waals surface area contributed by atoms with Crippen molar-refractivity contribution in [3.63, 3.8) is 0 Å². The van der Waals surface area contributed by atoms with Crippen molar-refractivity contribution in [2.24, 2.45) is 4.99 Å². The monoisotopic (exact) mass is 630 g/mol. The van der Waals surface area contributed by atoms with Gasteiger partial charge in [-0.3, -0.25) is 14.5 Å². The molecule has 0 atom stereocenters. The third kappa shape index (κ3) is 7.16. The molecule has 1 aliphatic rings. The molecule has 232 valence electrons. The lowest BCUT2D eigenvalue weighted by Crippen LogP contribution is -2.31. The topological polar surface area (TPSA) is 96.0 Å². The number of H-pyrrole nitrogens is 1. The molecule has 1 saturated heterocycles. The zero-order valence-corrected chi connectivity index (χ0v) is 26.7. The molecule has 2 N–H and O–H groups in total. The zero-order chi connectivity index (χ0) is 32.0. The molecule has 0 bridgehead atoms. The first-order valence-corrected chi connectivity index (χ1v) is 15.8. The summed E-state index contributed by atoms with van der Waals surface area (Å²) >= 11 is 1.34. The molecule has 0 spiro atoms. The van der Waals surface area contributed by atoms with Crippen LogP contribution >= 0.6 is 11.8 Å². The van der Waals surface area contributed by atoms with Gasteiger partial charge in [-0.2, -0.15) is 0 Å². The molecule has 9 heteroatoms. The number of aryl methyl sites for hydroxylation is 2. The number of fused-ring (bicyclic) bond motifs is 1. The van der Waals surface area contributed by atoms with Gasteiger partial charge in [0.2, 0.25) is 0 Å². The number of anilines is 1. The SMILES string of the molecule is COc1ccc(N=C2S/C(=C\c3cccc(OCC(=O)Nc4ccc(C)c(C)c4)c3)C(=O)N2CCc2c[nH]c3ccccc23)cc1. The van der Waals surface area contributed by atoms with Gasteiger partial charge in [0.1, 0.15) is 11.5 Å². The number of carbonyl (C=O) groups is 2. The van der Waals surface area contributed by atoms with Crippen molar-refractivity contribution in [1.82, 2.24) is 9.88 Å². The summed E-state index contributed by atoms with van der Waals surface area (Å²) in [5, 5.41) is 4.63. The third-order valence-corrected chi connectivity index (χ3v) is 8.79. The maximum Gasteiger partial charge on any atom is 0.266 e. The van der Waals surface area contributed by atoms with E-state index in [1.807, 2.05) is 105 Å². The fourth-order valence-electron chi connectivity index (χ4n) is 5.14. The standard InChI is InChI=1S/C37H34N4O4S/c1-24-11-12-29(19-25(24)2)39-35(42)23-45-31-8-6-7-26(20-31)21-34-36(43)41(18-17-27-22-38-33-10-5-4-9-32(27)33)37(46-34)40-28-13-15-30(44-3)16-14-28/h4-16,19-22,38H,17-18,23H2,1-3H3,(H,39,42)/b34-21-,40-37?. The van der Waals surface area contributed by atoms with Crippen LogP contribution in [0.3, 0.4) is 0 Å². The van der Waals surface area contributed by atoms with Crippen molar-refractivity contribution in [2.45, 2.75) is 20.3 Å². The number of methoxy groups -OCH3 is 1. The second-order valence-corrected chi connectivity index (χ2v) is 12.0. The Morgan fingerprint density at radius 2 is 1.78 bits per heavy atom. The Morgan fingerprint density at radius 1 is 0.957 bits per heavy atom. The van der Waals surface area contributed by atoms with Crippen LogP contribution in [0.4, 0.5) is 11.4 Å². The molecule has 0 radical (unpaired) electrons. The first kappa shape index (κ1) is 30.7. The Hall–Kier alpha value is -5.28. The van der Waals surface area contributed by atoms with Gasteiger partial charge in [0.05, 0.1) is 17.7 Å². The van der Waals surface area contributed by atoms with Crippen LogP contribution in [0.5, 0.6) is 11.5 Å². The van der Waals surface area contributed by atoms with Gasteiger partial charge in [-0.05, 0) is 115 Å². The smallest absolute Gasteiger partial charge is 0.266 e. The number of hydrogen-bond donors (Lipinski definition) is 2. The number of nitrogens with one attached hydrogen (secondary N) is 2. The fourth-order valence-corrected chi connectivity index (χ4v) is 6.16. The molecule has 4 aromatic carbocycles. The molecule has 1 fully saturated rings. The van der Waals surface area contributed by atoms with Crippen molar-refractivity contribution in [3.05, 3.63) is 124 Å². The maximum atomic E-state index is 13.8. The number of thioether (sulfide) groups is 1. The largest absolute Gasteiger partial charge is 0.497 e. The molecule has 0 unspecified atom stereocenters. The fraction of sp³-hybridized carbons (Fsp3) is 0.162.